The third-order valence-corrected chi connectivity index (χ3v) is 3.04. The van der Waals surface area contributed by atoms with Crippen molar-refractivity contribution in [2.24, 2.45) is 5.73 Å². The zero-order valence-electron chi connectivity index (χ0n) is 5.43. The standard InChI is InChI=1S/C6H5Cl2NOS/c7-1-3-2-11-5(4(3)8)6(9)10/h2H,1H2,(H2,9,10). The fourth-order valence-corrected chi connectivity index (χ4v) is 2.23. The molecule has 1 aromatic rings. The third-order valence-electron chi connectivity index (χ3n) is 1.17. The first-order valence-corrected chi connectivity index (χ1v) is 4.57. The summed E-state index contributed by atoms with van der Waals surface area (Å²) >= 11 is 12.5. The van der Waals surface area contributed by atoms with Gasteiger partial charge in [-0.2, -0.15) is 0 Å². The lowest BCUT2D eigenvalue weighted by molar-refractivity contribution is 0.100. The van der Waals surface area contributed by atoms with E-state index in [1.165, 1.54) is 11.3 Å². The monoisotopic (exact) mass is 209 g/mol. The summed E-state index contributed by atoms with van der Waals surface area (Å²) < 4.78 is 0. The Morgan fingerprint density at radius 3 is 2.64 bits per heavy atom. The molecule has 0 bridgehead atoms. The Morgan fingerprint density at radius 2 is 2.36 bits per heavy atom. The smallest absolute Gasteiger partial charge is 0.260 e. The first-order chi connectivity index (χ1) is 5.16. The topological polar surface area (TPSA) is 43.1 Å². The minimum Gasteiger partial charge on any atom is -0.365 e. The van der Waals surface area contributed by atoms with Crippen molar-refractivity contribution in [3.05, 3.63) is 20.8 Å². The van der Waals surface area contributed by atoms with Crippen LogP contribution in [0.1, 0.15) is 15.2 Å². The van der Waals surface area contributed by atoms with Crippen molar-refractivity contribution in [3.8, 4) is 0 Å². The summed E-state index contributed by atoms with van der Waals surface area (Å²) in [5.41, 5.74) is 5.78. The summed E-state index contributed by atoms with van der Waals surface area (Å²) in [7, 11) is 0. The largest absolute Gasteiger partial charge is 0.365 e. The van der Waals surface area contributed by atoms with Crippen molar-refractivity contribution in [1.29, 1.82) is 0 Å². The van der Waals surface area contributed by atoms with Gasteiger partial charge in [0, 0.05) is 5.88 Å². The molecule has 0 aliphatic rings. The molecule has 2 N–H and O–H groups in total. The van der Waals surface area contributed by atoms with Gasteiger partial charge in [0.25, 0.3) is 5.91 Å². The van der Waals surface area contributed by atoms with E-state index in [1.807, 2.05) is 0 Å². The second-order valence-electron chi connectivity index (χ2n) is 1.90. The fraction of sp³-hybridized carbons (Fsp3) is 0.167. The number of nitrogens with two attached hydrogens (primary N) is 1. The number of carbonyl (C=O) groups excluding carboxylic acids is 1. The van der Waals surface area contributed by atoms with Gasteiger partial charge in [0.2, 0.25) is 0 Å². The summed E-state index contributed by atoms with van der Waals surface area (Å²) in [4.78, 5) is 11.0. The van der Waals surface area contributed by atoms with Crippen LogP contribution in [0.3, 0.4) is 0 Å². The van der Waals surface area contributed by atoms with Crippen LogP contribution in [0.5, 0.6) is 0 Å². The first kappa shape index (κ1) is 8.84. The van der Waals surface area contributed by atoms with E-state index in [4.69, 9.17) is 28.9 Å². The molecule has 11 heavy (non-hydrogen) atoms. The van der Waals surface area contributed by atoms with Gasteiger partial charge in [-0.25, -0.2) is 0 Å². The number of hydrogen-bond donors (Lipinski definition) is 1. The maximum absolute atomic E-state index is 10.7. The van der Waals surface area contributed by atoms with Gasteiger partial charge in [-0.3, -0.25) is 4.79 Å². The molecule has 0 radical (unpaired) electrons. The Bertz CT molecular complexity index is 284. The minimum atomic E-state index is -0.503. The molecule has 0 fully saturated rings. The first-order valence-electron chi connectivity index (χ1n) is 2.78. The van der Waals surface area contributed by atoms with Gasteiger partial charge in [0.1, 0.15) is 4.88 Å². The van der Waals surface area contributed by atoms with E-state index in [1.54, 1.807) is 5.38 Å². The summed E-state index contributed by atoms with van der Waals surface area (Å²) in [6.07, 6.45) is 0. The molecule has 1 heterocycles. The van der Waals surface area contributed by atoms with Gasteiger partial charge in [-0.1, -0.05) is 11.6 Å². The van der Waals surface area contributed by atoms with E-state index in [-0.39, 0.29) is 0 Å². The quantitative estimate of drug-likeness (QED) is 0.747. The molecule has 2 nitrogen and oxygen atoms in total. The predicted octanol–water partition coefficient (Wildman–Crippen LogP) is 2.24. The highest BCUT2D eigenvalue weighted by molar-refractivity contribution is 7.13. The average Bonchev–Trinajstić information content (AvgIpc) is 2.30. The van der Waals surface area contributed by atoms with Gasteiger partial charge in [0.15, 0.2) is 0 Å². The highest BCUT2D eigenvalue weighted by Gasteiger charge is 2.12. The number of primary amides is 1. The Hall–Kier alpha value is -0.250. The SMILES string of the molecule is NC(=O)c1scc(CCl)c1Cl. The highest BCUT2D eigenvalue weighted by Crippen LogP contribution is 2.28. The van der Waals surface area contributed by atoms with Gasteiger partial charge in [-0.15, -0.1) is 22.9 Å². The van der Waals surface area contributed by atoms with Crippen molar-refractivity contribution >= 4 is 40.4 Å². The number of alkyl halides is 1. The zero-order valence-corrected chi connectivity index (χ0v) is 7.76. The van der Waals surface area contributed by atoms with E-state index >= 15 is 0 Å². The van der Waals surface area contributed by atoms with Crippen LogP contribution in [-0.2, 0) is 5.88 Å². The lowest BCUT2D eigenvalue weighted by atomic mass is 10.3. The molecule has 1 amide bonds. The number of rotatable bonds is 2. The lowest BCUT2D eigenvalue weighted by Gasteiger charge is -1.90. The molecule has 0 aliphatic heterocycles. The summed E-state index contributed by atoms with van der Waals surface area (Å²) in [6, 6.07) is 0. The molecule has 1 aromatic heterocycles. The van der Waals surface area contributed by atoms with Gasteiger partial charge >= 0.3 is 0 Å². The van der Waals surface area contributed by atoms with Crippen LogP contribution in [0.4, 0.5) is 0 Å². The number of hydrogen-bond acceptors (Lipinski definition) is 2. The molecule has 0 unspecified atom stereocenters. The number of amides is 1. The molecule has 5 heteroatoms. The summed E-state index contributed by atoms with van der Waals surface area (Å²) in [5.74, 6) is -0.195. The van der Waals surface area contributed by atoms with Crippen molar-refractivity contribution < 1.29 is 4.79 Å². The molecule has 0 aliphatic carbocycles. The van der Waals surface area contributed by atoms with E-state index < -0.39 is 5.91 Å². The Labute approximate surface area is 77.9 Å². The number of carbonyl (C=O) groups is 1. The van der Waals surface area contributed by atoms with Crippen LogP contribution in [0.15, 0.2) is 5.38 Å². The van der Waals surface area contributed by atoms with E-state index in [0.717, 1.165) is 5.56 Å². The van der Waals surface area contributed by atoms with Crippen LogP contribution in [0, 0.1) is 0 Å². The van der Waals surface area contributed by atoms with Crippen molar-refractivity contribution in [2.45, 2.75) is 5.88 Å². The Morgan fingerprint density at radius 1 is 1.73 bits per heavy atom. The van der Waals surface area contributed by atoms with Crippen LogP contribution < -0.4 is 5.73 Å². The van der Waals surface area contributed by atoms with E-state index in [9.17, 15) is 4.79 Å². The highest BCUT2D eigenvalue weighted by atomic mass is 35.5. The lowest BCUT2D eigenvalue weighted by Crippen LogP contribution is -2.09. The second-order valence-corrected chi connectivity index (χ2v) is 3.43. The van der Waals surface area contributed by atoms with Crippen LogP contribution in [0.25, 0.3) is 0 Å². The van der Waals surface area contributed by atoms with Gasteiger partial charge in [-0.05, 0) is 10.9 Å². The normalized spacial score (nSPS) is 10.0. The predicted molar refractivity (Wildman–Crippen MR) is 47.4 cm³/mol. The minimum absolute atomic E-state index is 0.308. The molecular formula is C6H5Cl2NOS. The maximum atomic E-state index is 10.7. The molecule has 60 valence electrons. The molecule has 0 saturated carbocycles. The van der Waals surface area contributed by atoms with Crippen LogP contribution >= 0.6 is 34.5 Å². The van der Waals surface area contributed by atoms with E-state index in [0.29, 0.717) is 15.8 Å². The van der Waals surface area contributed by atoms with Crippen molar-refractivity contribution in [2.75, 3.05) is 0 Å². The average molecular weight is 210 g/mol. The summed E-state index contributed by atoms with van der Waals surface area (Å²) in [5, 5.41) is 2.12. The zero-order chi connectivity index (χ0) is 8.43. The van der Waals surface area contributed by atoms with Gasteiger partial charge < -0.3 is 5.73 Å². The molecule has 0 atom stereocenters. The maximum Gasteiger partial charge on any atom is 0.260 e. The number of halogens is 2. The fourth-order valence-electron chi connectivity index (χ4n) is 0.636. The molecule has 0 aromatic carbocycles. The number of thiophene rings is 1. The van der Waals surface area contributed by atoms with Gasteiger partial charge in [0.05, 0.1) is 5.02 Å². The summed E-state index contributed by atoms with van der Waals surface area (Å²) in [6.45, 7) is 0. The second kappa shape index (κ2) is 3.43. The molecule has 1 rings (SSSR count). The molecular weight excluding hydrogens is 205 g/mol. The Kier molecular flexibility index (Phi) is 2.76. The Balaban J connectivity index is 3.10. The third kappa shape index (κ3) is 1.67. The molecule has 0 spiro atoms. The van der Waals surface area contributed by atoms with E-state index in [2.05, 4.69) is 0 Å². The van der Waals surface area contributed by atoms with Crippen LogP contribution in [-0.4, -0.2) is 5.91 Å². The van der Waals surface area contributed by atoms with Crippen molar-refractivity contribution in [1.82, 2.24) is 0 Å². The molecule has 0 saturated heterocycles. The van der Waals surface area contributed by atoms with Crippen molar-refractivity contribution in [3.63, 3.8) is 0 Å². The van der Waals surface area contributed by atoms with Crippen LogP contribution in [0.2, 0.25) is 5.02 Å².